The Morgan fingerprint density at radius 2 is 1.90 bits per heavy atom. The number of carbonyl (C=O) groups excluding carboxylic acids is 1. The number of benzene rings is 1. The summed E-state index contributed by atoms with van der Waals surface area (Å²) >= 11 is 0. The van der Waals surface area contributed by atoms with Crippen molar-refractivity contribution in [2.75, 3.05) is 38.0 Å². The SMILES string of the molecule is Cl.Cl.O=C(CNc1ccccc1)N1CCN2CCCC2C1. The zero-order valence-corrected chi connectivity index (χ0v) is 13.7. The molecule has 2 fully saturated rings. The number of fused-ring (bicyclic) bond motifs is 1. The van der Waals surface area contributed by atoms with Gasteiger partial charge in [-0.15, -0.1) is 24.8 Å². The van der Waals surface area contributed by atoms with Gasteiger partial charge in [-0.3, -0.25) is 9.69 Å². The lowest BCUT2D eigenvalue weighted by Gasteiger charge is -2.37. The molecule has 21 heavy (non-hydrogen) atoms. The normalized spacial score (nSPS) is 21.0. The maximum absolute atomic E-state index is 12.2. The fraction of sp³-hybridized carbons (Fsp3) is 0.533. The zero-order valence-electron chi connectivity index (χ0n) is 12.0. The molecular weight excluding hydrogens is 309 g/mol. The van der Waals surface area contributed by atoms with Gasteiger partial charge in [-0.05, 0) is 31.5 Å². The van der Waals surface area contributed by atoms with Crippen LogP contribution < -0.4 is 5.32 Å². The predicted octanol–water partition coefficient (Wildman–Crippen LogP) is 2.25. The van der Waals surface area contributed by atoms with Crippen LogP contribution in [-0.2, 0) is 4.79 Å². The monoisotopic (exact) mass is 331 g/mol. The van der Waals surface area contributed by atoms with E-state index in [4.69, 9.17) is 0 Å². The highest BCUT2D eigenvalue weighted by Crippen LogP contribution is 2.21. The Kier molecular flexibility index (Phi) is 7.29. The van der Waals surface area contributed by atoms with Gasteiger partial charge in [-0.2, -0.15) is 0 Å². The molecule has 0 aromatic heterocycles. The molecular formula is C15H23Cl2N3O. The lowest BCUT2D eigenvalue weighted by atomic mass is 10.1. The van der Waals surface area contributed by atoms with Crippen molar-refractivity contribution in [1.29, 1.82) is 0 Å². The van der Waals surface area contributed by atoms with Crippen LogP contribution >= 0.6 is 24.8 Å². The van der Waals surface area contributed by atoms with Crippen molar-refractivity contribution in [2.24, 2.45) is 0 Å². The van der Waals surface area contributed by atoms with Crippen molar-refractivity contribution >= 4 is 36.4 Å². The van der Waals surface area contributed by atoms with Gasteiger partial charge in [-0.25, -0.2) is 0 Å². The Morgan fingerprint density at radius 1 is 1.14 bits per heavy atom. The van der Waals surface area contributed by atoms with Gasteiger partial charge < -0.3 is 10.2 Å². The first kappa shape index (κ1) is 18.1. The van der Waals surface area contributed by atoms with Gasteiger partial charge >= 0.3 is 0 Å². The number of hydrogen-bond donors (Lipinski definition) is 1. The Hall–Kier alpha value is -0.970. The topological polar surface area (TPSA) is 35.6 Å². The summed E-state index contributed by atoms with van der Waals surface area (Å²) in [7, 11) is 0. The van der Waals surface area contributed by atoms with Gasteiger partial charge in [0.25, 0.3) is 0 Å². The third-order valence-corrected chi connectivity index (χ3v) is 4.16. The summed E-state index contributed by atoms with van der Waals surface area (Å²) in [4.78, 5) is 16.7. The van der Waals surface area contributed by atoms with Gasteiger partial charge in [-0.1, -0.05) is 18.2 Å². The number of rotatable bonds is 3. The van der Waals surface area contributed by atoms with E-state index in [1.165, 1.54) is 19.4 Å². The van der Waals surface area contributed by atoms with Gasteiger partial charge in [0.15, 0.2) is 0 Å². The maximum Gasteiger partial charge on any atom is 0.241 e. The summed E-state index contributed by atoms with van der Waals surface area (Å²) in [6.45, 7) is 4.45. The van der Waals surface area contributed by atoms with E-state index >= 15 is 0 Å². The van der Waals surface area contributed by atoms with Crippen LogP contribution in [0.5, 0.6) is 0 Å². The summed E-state index contributed by atoms with van der Waals surface area (Å²) in [6, 6.07) is 10.5. The molecule has 6 heteroatoms. The van der Waals surface area contributed by atoms with E-state index in [2.05, 4.69) is 10.2 Å². The van der Waals surface area contributed by atoms with Crippen molar-refractivity contribution in [3.63, 3.8) is 0 Å². The molecule has 1 N–H and O–H groups in total. The fourth-order valence-electron chi connectivity index (χ4n) is 3.06. The fourth-order valence-corrected chi connectivity index (χ4v) is 3.06. The molecule has 1 amide bonds. The summed E-state index contributed by atoms with van der Waals surface area (Å²) in [6.07, 6.45) is 2.53. The van der Waals surface area contributed by atoms with Gasteiger partial charge in [0, 0.05) is 31.4 Å². The molecule has 0 bridgehead atoms. The second kappa shape index (κ2) is 8.47. The summed E-state index contributed by atoms with van der Waals surface area (Å²) in [5.74, 6) is 0.218. The number of halogens is 2. The summed E-state index contributed by atoms with van der Waals surface area (Å²) in [5, 5.41) is 3.20. The zero-order chi connectivity index (χ0) is 13.1. The molecule has 0 aliphatic carbocycles. The first-order chi connectivity index (χ1) is 9.33. The molecule has 2 saturated heterocycles. The Bertz CT molecular complexity index is 444. The number of amides is 1. The average molecular weight is 332 g/mol. The lowest BCUT2D eigenvalue weighted by Crippen LogP contribution is -2.53. The molecule has 0 saturated carbocycles. The third kappa shape index (κ3) is 4.50. The van der Waals surface area contributed by atoms with Gasteiger partial charge in [0.05, 0.1) is 6.54 Å². The van der Waals surface area contributed by atoms with Crippen molar-refractivity contribution in [3.8, 4) is 0 Å². The molecule has 3 rings (SSSR count). The Morgan fingerprint density at radius 3 is 2.67 bits per heavy atom. The highest BCUT2D eigenvalue weighted by Gasteiger charge is 2.32. The molecule has 2 heterocycles. The van der Waals surface area contributed by atoms with Crippen LogP contribution in [0.2, 0.25) is 0 Å². The van der Waals surface area contributed by atoms with Crippen molar-refractivity contribution in [1.82, 2.24) is 9.80 Å². The highest BCUT2D eigenvalue weighted by atomic mass is 35.5. The minimum atomic E-state index is 0. The maximum atomic E-state index is 12.2. The third-order valence-electron chi connectivity index (χ3n) is 4.16. The Balaban J connectivity index is 0.00000110. The van der Waals surface area contributed by atoms with Crippen molar-refractivity contribution in [2.45, 2.75) is 18.9 Å². The quantitative estimate of drug-likeness (QED) is 0.922. The smallest absolute Gasteiger partial charge is 0.241 e. The molecule has 0 spiro atoms. The summed E-state index contributed by atoms with van der Waals surface area (Å²) < 4.78 is 0. The number of carbonyl (C=O) groups is 1. The van der Waals surface area contributed by atoms with Crippen LogP contribution in [0.25, 0.3) is 0 Å². The molecule has 118 valence electrons. The number of nitrogens with zero attached hydrogens (tertiary/aromatic N) is 2. The Labute approximate surface area is 138 Å². The van der Waals surface area contributed by atoms with Crippen molar-refractivity contribution < 1.29 is 4.79 Å². The number of anilines is 1. The van der Waals surface area contributed by atoms with E-state index in [-0.39, 0.29) is 30.7 Å². The largest absolute Gasteiger partial charge is 0.376 e. The van der Waals surface area contributed by atoms with Crippen LogP contribution in [0.15, 0.2) is 30.3 Å². The van der Waals surface area contributed by atoms with Crippen LogP contribution in [-0.4, -0.2) is 54.5 Å². The summed E-state index contributed by atoms with van der Waals surface area (Å²) in [5.41, 5.74) is 1.01. The van der Waals surface area contributed by atoms with E-state index in [1.54, 1.807) is 0 Å². The highest BCUT2D eigenvalue weighted by molar-refractivity contribution is 5.85. The van der Waals surface area contributed by atoms with E-state index < -0.39 is 0 Å². The molecule has 2 aliphatic heterocycles. The predicted molar refractivity (Wildman–Crippen MR) is 90.6 cm³/mol. The molecule has 2 aliphatic rings. The van der Waals surface area contributed by atoms with E-state index in [0.29, 0.717) is 12.6 Å². The van der Waals surface area contributed by atoms with Crippen LogP contribution in [0, 0.1) is 0 Å². The standard InChI is InChI=1S/C15H21N3O.2ClH/c19-15(11-16-13-5-2-1-3-6-13)18-10-9-17-8-4-7-14(17)12-18;;/h1-3,5-6,14,16H,4,7-12H2;2*1H. The van der Waals surface area contributed by atoms with Gasteiger partial charge in [0.1, 0.15) is 0 Å². The van der Waals surface area contributed by atoms with E-state index in [1.807, 2.05) is 35.2 Å². The second-order valence-corrected chi connectivity index (χ2v) is 5.39. The number of piperazine rings is 1. The molecule has 4 nitrogen and oxygen atoms in total. The number of hydrogen-bond acceptors (Lipinski definition) is 3. The molecule has 0 radical (unpaired) electrons. The van der Waals surface area contributed by atoms with Crippen LogP contribution in [0.1, 0.15) is 12.8 Å². The van der Waals surface area contributed by atoms with Gasteiger partial charge in [0.2, 0.25) is 5.91 Å². The molecule has 1 aromatic rings. The number of nitrogens with one attached hydrogen (secondary N) is 1. The molecule has 1 atom stereocenters. The average Bonchev–Trinajstić information content (AvgIpc) is 2.93. The minimum absolute atomic E-state index is 0. The second-order valence-electron chi connectivity index (χ2n) is 5.39. The van der Waals surface area contributed by atoms with Crippen LogP contribution in [0.3, 0.4) is 0 Å². The minimum Gasteiger partial charge on any atom is -0.376 e. The van der Waals surface area contributed by atoms with E-state index in [9.17, 15) is 4.79 Å². The number of para-hydroxylation sites is 1. The van der Waals surface area contributed by atoms with Crippen LogP contribution in [0.4, 0.5) is 5.69 Å². The van der Waals surface area contributed by atoms with Crippen molar-refractivity contribution in [3.05, 3.63) is 30.3 Å². The molecule has 1 unspecified atom stereocenters. The lowest BCUT2D eigenvalue weighted by molar-refractivity contribution is -0.131. The molecule has 1 aromatic carbocycles. The first-order valence-electron chi connectivity index (χ1n) is 7.14. The van der Waals surface area contributed by atoms with E-state index in [0.717, 1.165) is 25.3 Å². The first-order valence-corrected chi connectivity index (χ1v) is 7.14.